The fourth-order valence-electron chi connectivity index (χ4n) is 4.64. The molecule has 4 heteroatoms. The van der Waals surface area contributed by atoms with Crippen molar-refractivity contribution < 1.29 is 19.1 Å². The monoisotopic (exact) mass is 474 g/mol. The number of carbonyl (C=O) groups is 2. The second-order valence-electron chi connectivity index (χ2n) is 9.61. The molecule has 0 saturated heterocycles. The van der Waals surface area contributed by atoms with E-state index in [0.29, 0.717) is 11.1 Å². The highest BCUT2D eigenvalue weighted by molar-refractivity contribution is 6.04. The van der Waals surface area contributed by atoms with Crippen LogP contribution >= 0.6 is 0 Å². The van der Waals surface area contributed by atoms with E-state index in [1.807, 2.05) is 6.07 Å². The van der Waals surface area contributed by atoms with Gasteiger partial charge in [-0.15, -0.1) is 0 Å². The summed E-state index contributed by atoms with van der Waals surface area (Å²) in [6.07, 6.45) is 21.7. The molecule has 0 aliphatic rings. The van der Waals surface area contributed by atoms with Gasteiger partial charge in [0.2, 0.25) is 0 Å². The van der Waals surface area contributed by atoms with Crippen molar-refractivity contribution >= 4 is 11.9 Å². The van der Waals surface area contributed by atoms with E-state index in [2.05, 4.69) is 19.9 Å². The zero-order chi connectivity index (χ0) is 25.0. The number of methoxy groups -OCH3 is 2. The number of ether oxygens (including phenoxy) is 2. The normalized spacial score (nSPS) is 10.9. The fraction of sp³-hybridized carbons (Fsp3) is 0.733. The van der Waals surface area contributed by atoms with Gasteiger partial charge in [-0.3, -0.25) is 0 Å². The summed E-state index contributed by atoms with van der Waals surface area (Å²) in [6, 6.07) is 3.97. The van der Waals surface area contributed by atoms with E-state index >= 15 is 0 Å². The highest BCUT2D eigenvalue weighted by atomic mass is 16.5. The minimum Gasteiger partial charge on any atom is -0.465 e. The van der Waals surface area contributed by atoms with E-state index in [9.17, 15) is 9.59 Å². The minimum absolute atomic E-state index is 0.348. The molecule has 194 valence electrons. The van der Waals surface area contributed by atoms with E-state index in [4.69, 9.17) is 9.47 Å². The third-order valence-electron chi connectivity index (χ3n) is 6.69. The second-order valence-corrected chi connectivity index (χ2v) is 9.61. The van der Waals surface area contributed by atoms with Crippen molar-refractivity contribution in [3.8, 4) is 0 Å². The molecule has 0 bridgehead atoms. The van der Waals surface area contributed by atoms with Crippen LogP contribution in [0, 0.1) is 0 Å². The van der Waals surface area contributed by atoms with Crippen LogP contribution < -0.4 is 0 Å². The average molecular weight is 475 g/mol. The Morgan fingerprint density at radius 2 is 1.03 bits per heavy atom. The lowest BCUT2D eigenvalue weighted by atomic mass is 9.91. The lowest BCUT2D eigenvalue weighted by Gasteiger charge is -2.15. The van der Waals surface area contributed by atoms with Gasteiger partial charge < -0.3 is 9.47 Å². The molecule has 0 unspecified atom stereocenters. The van der Waals surface area contributed by atoms with Gasteiger partial charge in [0, 0.05) is 0 Å². The van der Waals surface area contributed by atoms with Crippen molar-refractivity contribution in [2.24, 2.45) is 0 Å². The Labute approximate surface area is 209 Å². The Morgan fingerprint density at radius 1 is 0.588 bits per heavy atom. The highest BCUT2D eigenvalue weighted by Gasteiger charge is 2.23. The number of aryl methyl sites for hydroxylation is 2. The molecular formula is C30H50O4. The van der Waals surface area contributed by atoms with Crippen molar-refractivity contribution in [2.45, 2.75) is 129 Å². The lowest BCUT2D eigenvalue weighted by molar-refractivity contribution is 0.0554. The molecule has 0 aliphatic carbocycles. The van der Waals surface area contributed by atoms with Crippen molar-refractivity contribution in [3.63, 3.8) is 0 Å². The molecule has 0 aromatic heterocycles. The molecule has 4 nitrogen and oxygen atoms in total. The maximum Gasteiger partial charge on any atom is 0.339 e. The molecule has 1 aromatic rings. The lowest BCUT2D eigenvalue weighted by Crippen LogP contribution is -2.16. The van der Waals surface area contributed by atoms with Crippen molar-refractivity contribution in [1.82, 2.24) is 0 Å². The van der Waals surface area contributed by atoms with Gasteiger partial charge in [0.1, 0.15) is 0 Å². The van der Waals surface area contributed by atoms with Crippen LogP contribution in [0.2, 0.25) is 0 Å². The molecule has 0 amide bonds. The molecule has 1 rings (SSSR count). The van der Waals surface area contributed by atoms with Crippen LogP contribution in [0.3, 0.4) is 0 Å². The van der Waals surface area contributed by atoms with Gasteiger partial charge in [0.05, 0.1) is 25.3 Å². The predicted octanol–water partition coefficient (Wildman–Crippen LogP) is 8.63. The number of hydrogen-bond acceptors (Lipinski definition) is 4. The average Bonchev–Trinajstić information content (AvgIpc) is 2.85. The molecule has 0 saturated carbocycles. The van der Waals surface area contributed by atoms with Crippen LogP contribution in [0.15, 0.2) is 12.1 Å². The molecule has 0 radical (unpaired) electrons. The smallest absolute Gasteiger partial charge is 0.339 e. The third kappa shape index (κ3) is 12.0. The van der Waals surface area contributed by atoms with Crippen LogP contribution in [-0.4, -0.2) is 26.2 Å². The van der Waals surface area contributed by atoms with Gasteiger partial charge in [-0.25, -0.2) is 9.59 Å². The quantitative estimate of drug-likeness (QED) is 0.140. The first-order chi connectivity index (χ1) is 16.6. The van der Waals surface area contributed by atoms with Crippen LogP contribution in [0.4, 0.5) is 0 Å². The summed E-state index contributed by atoms with van der Waals surface area (Å²) in [5, 5.41) is 0. The maximum atomic E-state index is 12.6. The zero-order valence-electron chi connectivity index (χ0n) is 22.5. The third-order valence-corrected chi connectivity index (χ3v) is 6.69. The second kappa shape index (κ2) is 19.5. The van der Waals surface area contributed by atoms with Gasteiger partial charge in [-0.1, -0.05) is 110 Å². The van der Waals surface area contributed by atoms with E-state index in [-0.39, 0.29) is 0 Å². The number of rotatable bonds is 20. The molecule has 0 aliphatic heterocycles. The molecule has 0 heterocycles. The summed E-state index contributed by atoms with van der Waals surface area (Å²) in [4.78, 5) is 25.1. The Bertz CT molecular complexity index is 695. The van der Waals surface area contributed by atoms with E-state index in [1.54, 1.807) is 0 Å². The van der Waals surface area contributed by atoms with Gasteiger partial charge in [-0.05, 0) is 42.9 Å². The first-order valence-electron chi connectivity index (χ1n) is 13.9. The first kappa shape index (κ1) is 30.2. The standard InChI is InChI=1S/C30H50O4/c1-5-7-9-11-13-15-17-19-21-25-23-26(22-20-18-16-14-12-10-8-6-2)28(30(32)34-4)27(24-25)29(31)33-3/h23-24H,5-22H2,1-4H3. The van der Waals surface area contributed by atoms with E-state index < -0.39 is 11.9 Å². The Balaban J connectivity index is 2.77. The molecular weight excluding hydrogens is 424 g/mol. The van der Waals surface area contributed by atoms with Gasteiger partial charge in [0.15, 0.2) is 0 Å². The summed E-state index contributed by atoms with van der Waals surface area (Å²) in [5.41, 5.74) is 2.78. The predicted molar refractivity (Wildman–Crippen MR) is 142 cm³/mol. The van der Waals surface area contributed by atoms with Crippen LogP contribution in [-0.2, 0) is 22.3 Å². The highest BCUT2D eigenvalue weighted by Crippen LogP contribution is 2.24. The molecule has 0 spiro atoms. The van der Waals surface area contributed by atoms with Gasteiger partial charge >= 0.3 is 11.9 Å². The van der Waals surface area contributed by atoms with Gasteiger partial charge in [-0.2, -0.15) is 0 Å². The number of hydrogen-bond donors (Lipinski definition) is 0. The molecule has 0 N–H and O–H groups in total. The summed E-state index contributed by atoms with van der Waals surface area (Å²) in [6.45, 7) is 4.49. The van der Waals surface area contributed by atoms with Gasteiger partial charge in [0.25, 0.3) is 0 Å². The van der Waals surface area contributed by atoms with Crippen molar-refractivity contribution in [3.05, 3.63) is 34.4 Å². The molecule has 34 heavy (non-hydrogen) atoms. The Morgan fingerprint density at radius 3 is 1.50 bits per heavy atom. The molecule has 0 fully saturated rings. The summed E-state index contributed by atoms with van der Waals surface area (Å²) in [7, 11) is 2.74. The summed E-state index contributed by atoms with van der Waals surface area (Å²) < 4.78 is 10.1. The van der Waals surface area contributed by atoms with E-state index in [1.165, 1.54) is 97.7 Å². The number of benzene rings is 1. The number of unbranched alkanes of at least 4 members (excludes halogenated alkanes) is 14. The zero-order valence-corrected chi connectivity index (χ0v) is 22.5. The van der Waals surface area contributed by atoms with Crippen molar-refractivity contribution in [2.75, 3.05) is 14.2 Å². The van der Waals surface area contributed by atoms with E-state index in [0.717, 1.165) is 43.2 Å². The Hall–Kier alpha value is -1.84. The SMILES string of the molecule is CCCCCCCCCCc1cc(CCCCCCCCCC)c(C(=O)OC)c(C(=O)OC)c1. The molecule has 1 aromatic carbocycles. The topological polar surface area (TPSA) is 52.6 Å². The fourth-order valence-corrected chi connectivity index (χ4v) is 4.64. The Kier molecular flexibility index (Phi) is 17.3. The summed E-state index contributed by atoms with van der Waals surface area (Å²) in [5.74, 6) is -0.913. The van der Waals surface area contributed by atoms with Crippen LogP contribution in [0.25, 0.3) is 0 Å². The largest absolute Gasteiger partial charge is 0.465 e. The number of esters is 2. The van der Waals surface area contributed by atoms with Crippen LogP contribution in [0.1, 0.15) is 148 Å². The molecule has 0 atom stereocenters. The maximum absolute atomic E-state index is 12.6. The van der Waals surface area contributed by atoms with Crippen molar-refractivity contribution in [1.29, 1.82) is 0 Å². The van der Waals surface area contributed by atoms with Crippen LogP contribution in [0.5, 0.6) is 0 Å². The minimum atomic E-state index is -0.463. The number of carbonyl (C=O) groups excluding carboxylic acids is 2. The summed E-state index contributed by atoms with van der Waals surface area (Å²) >= 11 is 0. The first-order valence-corrected chi connectivity index (χ1v) is 13.9.